The number of carbonyl (C=O) groups excluding carboxylic acids is 1. The number of nitrogens with one attached hydrogen (secondary N) is 1. The lowest BCUT2D eigenvalue weighted by atomic mass is 10.1. The summed E-state index contributed by atoms with van der Waals surface area (Å²) in [5, 5.41) is 16.0. The highest BCUT2D eigenvalue weighted by atomic mass is 16.5. The van der Waals surface area contributed by atoms with Gasteiger partial charge in [0.1, 0.15) is 30.0 Å². The van der Waals surface area contributed by atoms with E-state index in [1.165, 1.54) is 0 Å². The lowest BCUT2D eigenvalue weighted by Gasteiger charge is -2.24. The Hall–Kier alpha value is -3.53. The average molecular weight is 406 g/mol. The van der Waals surface area contributed by atoms with Gasteiger partial charge in [-0.1, -0.05) is 17.3 Å². The van der Waals surface area contributed by atoms with Gasteiger partial charge in [0.15, 0.2) is 0 Å². The number of rotatable bonds is 6. The first-order valence-electron chi connectivity index (χ1n) is 9.73. The Morgan fingerprint density at radius 2 is 1.97 bits per heavy atom. The van der Waals surface area contributed by atoms with Crippen molar-refractivity contribution < 1.29 is 14.1 Å². The first-order chi connectivity index (χ1) is 14.2. The van der Waals surface area contributed by atoms with Crippen LogP contribution in [-0.2, 0) is 23.4 Å². The number of amides is 1. The van der Waals surface area contributed by atoms with Gasteiger partial charge in [-0.2, -0.15) is 5.26 Å². The molecule has 0 saturated carbocycles. The second-order valence-electron chi connectivity index (χ2n) is 8.23. The molecule has 0 saturated heterocycles. The second kappa shape index (κ2) is 8.46. The molecule has 0 atom stereocenters. The number of nitrogens with zero attached hydrogens (tertiary/aromatic N) is 3. The second-order valence-corrected chi connectivity index (χ2v) is 8.23. The van der Waals surface area contributed by atoms with E-state index in [-0.39, 0.29) is 17.9 Å². The number of carbonyl (C=O) groups is 1. The van der Waals surface area contributed by atoms with Crippen LogP contribution >= 0.6 is 0 Å². The number of hydrogen-bond donors (Lipinski definition) is 1. The molecule has 1 aromatic carbocycles. The predicted molar refractivity (Wildman–Crippen MR) is 113 cm³/mol. The highest BCUT2D eigenvalue weighted by molar-refractivity contribution is 5.91. The summed E-state index contributed by atoms with van der Waals surface area (Å²) in [7, 11) is 0. The number of aryl methyl sites for hydroxylation is 2. The summed E-state index contributed by atoms with van der Waals surface area (Å²) < 4.78 is 12.8. The van der Waals surface area contributed by atoms with E-state index in [1.807, 2.05) is 63.5 Å². The molecule has 30 heavy (non-hydrogen) atoms. The lowest BCUT2D eigenvalue weighted by Crippen LogP contribution is -2.25. The van der Waals surface area contributed by atoms with E-state index in [0.717, 1.165) is 22.6 Å². The zero-order valence-corrected chi connectivity index (χ0v) is 17.9. The van der Waals surface area contributed by atoms with Crippen LogP contribution in [0.25, 0.3) is 0 Å². The number of ether oxygens (including phenoxy) is 1. The maximum atomic E-state index is 12.5. The first kappa shape index (κ1) is 21.2. The van der Waals surface area contributed by atoms with Crippen molar-refractivity contribution >= 4 is 11.7 Å². The van der Waals surface area contributed by atoms with Crippen LogP contribution in [0.1, 0.15) is 48.9 Å². The van der Waals surface area contributed by atoms with E-state index in [0.29, 0.717) is 23.7 Å². The van der Waals surface area contributed by atoms with Crippen molar-refractivity contribution in [2.24, 2.45) is 0 Å². The summed E-state index contributed by atoms with van der Waals surface area (Å²) >= 11 is 0. The zero-order valence-electron chi connectivity index (χ0n) is 17.9. The molecule has 1 N–H and O–H groups in total. The van der Waals surface area contributed by atoms with Crippen LogP contribution in [0, 0.1) is 25.2 Å². The maximum Gasteiger partial charge on any atom is 0.229 e. The Bertz CT molecular complexity index is 1060. The predicted octanol–water partition coefficient (Wildman–Crippen LogP) is 4.48. The smallest absolute Gasteiger partial charge is 0.229 e. The quantitative estimate of drug-likeness (QED) is 0.651. The third kappa shape index (κ3) is 4.90. The third-order valence-electron chi connectivity index (χ3n) is 4.79. The Labute approximate surface area is 176 Å². The van der Waals surface area contributed by atoms with E-state index in [2.05, 4.69) is 16.5 Å². The highest BCUT2D eigenvalue weighted by Gasteiger charge is 2.19. The van der Waals surface area contributed by atoms with Crippen molar-refractivity contribution in [1.29, 1.82) is 5.26 Å². The number of aromatic nitrogens is 2. The molecule has 0 aliphatic heterocycles. The van der Waals surface area contributed by atoms with Gasteiger partial charge in [0.05, 0.1) is 23.2 Å². The number of nitriles is 1. The van der Waals surface area contributed by atoms with Crippen molar-refractivity contribution in [2.45, 2.75) is 53.2 Å². The molecule has 3 aromatic rings. The molecular weight excluding hydrogens is 380 g/mol. The summed E-state index contributed by atoms with van der Waals surface area (Å²) in [5.74, 6) is 1.93. The van der Waals surface area contributed by atoms with Gasteiger partial charge in [-0.25, -0.2) is 0 Å². The Kier molecular flexibility index (Phi) is 5.97. The summed E-state index contributed by atoms with van der Waals surface area (Å²) in [4.78, 5) is 12.5. The third-order valence-corrected chi connectivity index (χ3v) is 4.79. The molecule has 0 aliphatic rings. The van der Waals surface area contributed by atoms with Crippen molar-refractivity contribution in [2.75, 3.05) is 5.32 Å². The van der Waals surface area contributed by atoms with Crippen LogP contribution < -0.4 is 10.1 Å². The molecule has 0 spiro atoms. The minimum atomic E-state index is -0.252. The normalized spacial score (nSPS) is 11.2. The number of hydrogen-bond acceptors (Lipinski definition) is 5. The molecule has 0 fully saturated rings. The fourth-order valence-electron chi connectivity index (χ4n) is 3.11. The maximum absolute atomic E-state index is 12.5. The van der Waals surface area contributed by atoms with Gasteiger partial charge in [-0.15, -0.1) is 0 Å². The van der Waals surface area contributed by atoms with Crippen molar-refractivity contribution in [3.8, 4) is 11.8 Å². The Morgan fingerprint density at radius 3 is 2.53 bits per heavy atom. The Morgan fingerprint density at radius 1 is 1.27 bits per heavy atom. The largest absolute Gasteiger partial charge is 0.489 e. The molecule has 0 bridgehead atoms. The van der Waals surface area contributed by atoms with Gasteiger partial charge in [-0.05, 0) is 58.4 Å². The van der Waals surface area contributed by atoms with Gasteiger partial charge in [0, 0.05) is 11.7 Å². The van der Waals surface area contributed by atoms with E-state index in [4.69, 9.17) is 9.26 Å². The first-order valence-corrected chi connectivity index (χ1v) is 9.73. The fraction of sp³-hybridized carbons (Fsp3) is 0.348. The number of anilines is 1. The summed E-state index contributed by atoms with van der Waals surface area (Å²) in [6.07, 6.45) is 1.97. The standard InChI is InChI=1S/C23H26N4O3/c1-15-20(16(2)30-26-15)14-29-19-8-6-17(7-9-19)11-22(28)25-21-10-18(12-24)13-27(21)23(3,4)5/h6-10,13H,11,14H2,1-5H3,(H,25,28). The summed E-state index contributed by atoms with van der Waals surface area (Å²) in [6, 6.07) is 11.2. The molecule has 7 heteroatoms. The molecule has 0 unspecified atom stereocenters. The molecule has 2 heterocycles. The molecule has 2 aromatic heterocycles. The molecule has 0 radical (unpaired) electrons. The SMILES string of the molecule is Cc1noc(C)c1COc1ccc(CC(=O)Nc2cc(C#N)cn2C(C)(C)C)cc1. The highest BCUT2D eigenvalue weighted by Crippen LogP contribution is 2.24. The molecule has 1 amide bonds. The molecule has 156 valence electrons. The van der Waals surface area contributed by atoms with Crippen molar-refractivity contribution in [3.63, 3.8) is 0 Å². The van der Waals surface area contributed by atoms with Gasteiger partial charge in [0.2, 0.25) is 5.91 Å². The molecule has 7 nitrogen and oxygen atoms in total. The van der Waals surface area contributed by atoms with Crippen molar-refractivity contribution in [3.05, 3.63) is 64.7 Å². The van der Waals surface area contributed by atoms with Crippen LogP contribution in [0.2, 0.25) is 0 Å². The topological polar surface area (TPSA) is 93.1 Å². The van der Waals surface area contributed by atoms with Crippen LogP contribution in [0.3, 0.4) is 0 Å². The fourth-order valence-corrected chi connectivity index (χ4v) is 3.11. The van der Waals surface area contributed by atoms with Crippen LogP contribution in [0.4, 0.5) is 5.82 Å². The summed E-state index contributed by atoms with van der Waals surface area (Å²) in [5.41, 5.74) is 2.89. The van der Waals surface area contributed by atoms with E-state index in [1.54, 1.807) is 12.3 Å². The minimum absolute atomic E-state index is 0.146. The zero-order chi connectivity index (χ0) is 21.9. The van der Waals surface area contributed by atoms with Crippen molar-refractivity contribution in [1.82, 2.24) is 9.72 Å². The van der Waals surface area contributed by atoms with Crippen LogP contribution in [-0.4, -0.2) is 15.6 Å². The average Bonchev–Trinajstić information content (AvgIpc) is 3.24. The lowest BCUT2D eigenvalue weighted by molar-refractivity contribution is -0.115. The van der Waals surface area contributed by atoms with Gasteiger partial charge < -0.3 is 19.1 Å². The van der Waals surface area contributed by atoms with E-state index >= 15 is 0 Å². The molecular formula is C23H26N4O3. The van der Waals surface area contributed by atoms with Gasteiger partial charge in [0.25, 0.3) is 0 Å². The molecule has 3 rings (SSSR count). The van der Waals surface area contributed by atoms with Crippen LogP contribution in [0.15, 0.2) is 41.1 Å². The van der Waals surface area contributed by atoms with E-state index in [9.17, 15) is 10.1 Å². The van der Waals surface area contributed by atoms with Crippen LogP contribution in [0.5, 0.6) is 5.75 Å². The summed E-state index contributed by atoms with van der Waals surface area (Å²) in [6.45, 7) is 10.2. The number of benzene rings is 1. The minimum Gasteiger partial charge on any atom is -0.489 e. The monoisotopic (exact) mass is 406 g/mol. The molecule has 0 aliphatic carbocycles. The van der Waals surface area contributed by atoms with Gasteiger partial charge in [-0.3, -0.25) is 4.79 Å². The Balaban J connectivity index is 1.61. The van der Waals surface area contributed by atoms with E-state index < -0.39 is 0 Å². The van der Waals surface area contributed by atoms with Gasteiger partial charge >= 0.3 is 0 Å².